The molecule has 3 heteroatoms. The average molecular weight is 121 g/mol. The first-order chi connectivity index (χ1) is 3.41. The van der Waals surface area contributed by atoms with E-state index in [4.69, 9.17) is 10.3 Å². The molecule has 7 heavy (non-hydrogen) atoms. The number of rotatable bonds is 4. The van der Waals surface area contributed by atoms with E-state index in [0.717, 1.165) is 26.0 Å². The van der Waals surface area contributed by atoms with Crippen molar-refractivity contribution >= 4 is 9.47 Å². The highest BCUT2D eigenvalue weighted by Crippen LogP contribution is 1.90. The molecule has 0 saturated carbocycles. The van der Waals surface area contributed by atoms with Crippen molar-refractivity contribution in [3.05, 3.63) is 0 Å². The maximum atomic E-state index is 5.21. The molecular formula is C4H12NOP. The Morgan fingerprint density at radius 1 is 1.43 bits per heavy atom. The molecule has 0 amide bonds. The third-order valence-electron chi connectivity index (χ3n) is 0.716. The minimum Gasteiger partial charge on any atom is -0.366 e. The lowest BCUT2D eigenvalue weighted by Gasteiger charge is -1.92. The Morgan fingerprint density at radius 3 is 2.57 bits per heavy atom. The summed E-state index contributed by atoms with van der Waals surface area (Å²) in [4.78, 5) is 0. The third-order valence-corrected chi connectivity index (χ3v) is 0.952. The van der Waals surface area contributed by atoms with Crippen LogP contribution in [0.1, 0.15) is 12.8 Å². The molecule has 44 valence electrons. The Bertz CT molecular complexity index is 30.9. The Hall–Kier alpha value is 0.350. The molecule has 0 bridgehead atoms. The monoisotopic (exact) mass is 121 g/mol. The van der Waals surface area contributed by atoms with Crippen LogP contribution in [0.25, 0.3) is 0 Å². The maximum Gasteiger partial charge on any atom is 0.0502 e. The van der Waals surface area contributed by atoms with E-state index in [2.05, 4.69) is 9.47 Å². The molecule has 2 N–H and O–H groups in total. The van der Waals surface area contributed by atoms with Crippen molar-refractivity contribution < 1.29 is 4.52 Å². The van der Waals surface area contributed by atoms with E-state index >= 15 is 0 Å². The highest BCUT2D eigenvalue weighted by molar-refractivity contribution is 7.09. The van der Waals surface area contributed by atoms with Crippen LogP contribution < -0.4 is 5.73 Å². The fraction of sp³-hybridized carbons (Fsp3) is 1.00. The minimum atomic E-state index is 0.772. The van der Waals surface area contributed by atoms with Crippen molar-refractivity contribution in [2.24, 2.45) is 5.73 Å². The predicted octanol–water partition coefficient (Wildman–Crippen LogP) is 0.532. The van der Waals surface area contributed by atoms with Crippen LogP contribution >= 0.6 is 9.47 Å². The Labute approximate surface area is 46.7 Å². The van der Waals surface area contributed by atoms with E-state index in [1.807, 2.05) is 0 Å². The Morgan fingerprint density at radius 2 is 2.14 bits per heavy atom. The van der Waals surface area contributed by atoms with Gasteiger partial charge in [0.25, 0.3) is 0 Å². The lowest BCUT2D eigenvalue weighted by atomic mass is 10.3. The van der Waals surface area contributed by atoms with Crippen LogP contribution in [0.2, 0.25) is 0 Å². The topological polar surface area (TPSA) is 35.2 Å². The predicted molar refractivity (Wildman–Crippen MR) is 34.0 cm³/mol. The van der Waals surface area contributed by atoms with Crippen LogP contribution in [0.3, 0.4) is 0 Å². The molecule has 0 fully saturated rings. The lowest BCUT2D eigenvalue weighted by Crippen LogP contribution is -1.99. The molecule has 0 aromatic heterocycles. The van der Waals surface area contributed by atoms with Gasteiger partial charge in [0.15, 0.2) is 0 Å². The zero-order chi connectivity index (χ0) is 5.54. The summed E-state index contributed by atoms with van der Waals surface area (Å²) in [5, 5.41) is 0. The molecule has 0 aromatic carbocycles. The van der Waals surface area contributed by atoms with E-state index in [1.165, 1.54) is 0 Å². The molecule has 0 aliphatic heterocycles. The lowest BCUT2D eigenvalue weighted by molar-refractivity contribution is 0.358. The van der Waals surface area contributed by atoms with Crippen molar-refractivity contribution in [2.75, 3.05) is 13.2 Å². The molecule has 0 aliphatic carbocycles. The fourth-order valence-corrected chi connectivity index (χ4v) is 0.496. The van der Waals surface area contributed by atoms with Crippen LogP contribution in [-0.2, 0) is 4.52 Å². The third kappa shape index (κ3) is 6.35. The first-order valence-electron chi connectivity index (χ1n) is 2.43. The maximum absolute atomic E-state index is 5.21. The first kappa shape index (κ1) is 7.35. The second-order valence-electron chi connectivity index (χ2n) is 1.37. The number of hydrogen-bond donors (Lipinski definition) is 1. The summed E-state index contributed by atoms with van der Waals surface area (Å²) in [7, 11) is 2.21. The smallest absolute Gasteiger partial charge is 0.0502 e. The van der Waals surface area contributed by atoms with Gasteiger partial charge in [0.1, 0.15) is 0 Å². The summed E-state index contributed by atoms with van der Waals surface area (Å²) >= 11 is 0. The summed E-state index contributed by atoms with van der Waals surface area (Å²) in [6.07, 6.45) is 2.13. The van der Waals surface area contributed by atoms with E-state index in [0.29, 0.717) is 0 Å². The summed E-state index contributed by atoms with van der Waals surface area (Å²) in [6.45, 7) is 1.58. The van der Waals surface area contributed by atoms with E-state index in [9.17, 15) is 0 Å². The SMILES string of the molecule is NCCCCOP. The van der Waals surface area contributed by atoms with E-state index in [1.54, 1.807) is 0 Å². The van der Waals surface area contributed by atoms with Crippen molar-refractivity contribution in [2.45, 2.75) is 12.8 Å². The van der Waals surface area contributed by atoms with Gasteiger partial charge in [0.05, 0.1) is 6.61 Å². The molecule has 0 radical (unpaired) electrons. The van der Waals surface area contributed by atoms with Gasteiger partial charge in [-0.05, 0) is 19.4 Å². The molecule has 1 unspecified atom stereocenters. The van der Waals surface area contributed by atoms with Crippen molar-refractivity contribution in [3.8, 4) is 0 Å². The van der Waals surface area contributed by atoms with Crippen LogP contribution in [0, 0.1) is 0 Å². The molecular weight excluding hydrogens is 109 g/mol. The normalized spacial score (nSPS) is 9.43. The van der Waals surface area contributed by atoms with Crippen molar-refractivity contribution in [3.63, 3.8) is 0 Å². The molecule has 2 nitrogen and oxygen atoms in total. The van der Waals surface area contributed by atoms with Gasteiger partial charge in [-0.25, -0.2) is 0 Å². The van der Waals surface area contributed by atoms with E-state index < -0.39 is 0 Å². The van der Waals surface area contributed by atoms with Gasteiger partial charge in [0.2, 0.25) is 0 Å². The molecule has 0 saturated heterocycles. The van der Waals surface area contributed by atoms with Crippen molar-refractivity contribution in [1.29, 1.82) is 0 Å². The minimum absolute atomic E-state index is 0.772. The quantitative estimate of drug-likeness (QED) is 0.435. The van der Waals surface area contributed by atoms with E-state index in [-0.39, 0.29) is 0 Å². The summed E-state index contributed by atoms with van der Waals surface area (Å²) in [6, 6.07) is 0. The molecule has 0 spiro atoms. The van der Waals surface area contributed by atoms with Gasteiger partial charge < -0.3 is 10.3 Å². The van der Waals surface area contributed by atoms with Crippen molar-refractivity contribution in [1.82, 2.24) is 0 Å². The van der Waals surface area contributed by atoms with Gasteiger partial charge in [-0.1, -0.05) is 0 Å². The standard InChI is InChI=1S/C4H12NOP/c5-3-1-2-4-6-7/h1-5,7H2. The molecule has 0 rings (SSSR count). The van der Waals surface area contributed by atoms with Crippen LogP contribution in [0.5, 0.6) is 0 Å². The zero-order valence-electron chi connectivity index (χ0n) is 4.39. The van der Waals surface area contributed by atoms with Gasteiger partial charge in [-0.2, -0.15) is 0 Å². The number of hydrogen-bond acceptors (Lipinski definition) is 2. The van der Waals surface area contributed by atoms with Gasteiger partial charge in [0, 0.05) is 9.47 Å². The second kappa shape index (κ2) is 6.35. The van der Waals surface area contributed by atoms with Crippen LogP contribution in [0.4, 0.5) is 0 Å². The highest BCUT2D eigenvalue weighted by Gasteiger charge is 1.80. The Kier molecular flexibility index (Phi) is 6.67. The summed E-state index contributed by atoms with van der Waals surface area (Å²) < 4.78 is 4.70. The van der Waals surface area contributed by atoms with Gasteiger partial charge >= 0.3 is 0 Å². The van der Waals surface area contributed by atoms with Gasteiger partial charge in [-0.15, -0.1) is 0 Å². The fourth-order valence-electron chi connectivity index (χ4n) is 0.330. The number of nitrogens with two attached hydrogens (primary N) is 1. The zero-order valence-corrected chi connectivity index (χ0v) is 5.55. The summed E-state index contributed by atoms with van der Waals surface area (Å²) in [5.41, 5.74) is 5.21. The molecule has 0 heterocycles. The largest absolute Gasteiger partial charge is 0.366 e. The first-order valence-corrected chi connectivity index (χ1v) is 2.90. The Balaban J connectivity index is 2.45. The number of unbranched alkanes of at least 4 members (excludes halogenated alkanes) is 1. The molecule has 0 aliphatic rings. The highest BCUT2D eigenvalue weighted by atomic mass is 31.0. The summed E-state index contributed by atoms with van der Waals surface area (Å²) in [5.74, 6) is 0. The van der Waals surface area contributed by atoms with Gasteiger partial charge in [-0.3, -0.25) is 0 Å². The average Bonchev–Trinajstić information content (AvgIpc) is 1.69. The van der Waals surface area contributed by atoms with Crippen LogP contribution in [0.15, 0.2) is 0 Å². The second-order valence-corrected chi connectivity index (χ2v) is 1.70. The molecule has 1 atom stereocenters. The molecule has 0 aromatic rings. The van der Waals surface area contributed by atoms with Crippen LogP contribution in [-0.4, -0.2) is 13.2 Å².